The number of primary amides is 1. The minimum absolute atomic E-state index is 0.510. The molecule has 5 heteroatoms. The van der Waals surface area contributed by atoms with Crippen LogP contribution in [0.2, 0.25) is 5.02 Å². The molecule has 0 heterocycles. The van der Waals surface area contributed by atoms with Crippen LogP contribution in [-0.2, 0) is 4.79 Å². The number of aliphatic hydroxyl groups excluding tert-OH is 1. The van der Waals surface area contributed by atoms with Crippen LogP contribution in [0, 0.1) is 0 Å². The highest BCUT2D eigenvalue weighted by atomic mass is 35.5. The van der Waals surface area contributed by atoms with Gasteiger partial charge in [0.1, 0.15) is 11.9 Å². The van der Waals surface area contributed by atoms with Gasteiger partial charge in [-0.3, -0.25) is 4.79 Å². The molecule has 0 saturated heterocycles. The van der Waals surface area contributed by atoms with Crippen LogP contribution in [0.3, 0.4) is 0 Å². The second-order valence-corrected chi connectivity index (χ2v) is 5.94. The first-order chi connectivity index (χ1) is 10.3. The van der Waals surface area contributed by atoms with Gasteiger partial charge < -0.3 is 15.6 Å². The van der Waals surface area contributed by atoms with E-state index < -0.39 is 17.6 Å². The molecule has 0 aliphatic heterocycles. The van der Waals surface area contributed by atoms with Crippen molar-refractivity contribution < 1.29 is 14.6 Å². The topological polar surface area (TPSA) is 72.6 Å². The van der Waals surface area contributed by atoms with Crippen molar-refractivity contribution in [2.45, 2.75) is 25.6 Å². The lowest BCUT2D eigenvalue weighted by Crippen LogP contribution is -2.43. The van der Waals surface area contributed by atoms with Gasteiger partial charge in [-0.2, -0.15) is 0 Å². The Balaban J connectivity index is 2.15. The molecule has 0 aliphatic rings. The zero-order chi connectivity index (χ0) is 16.3. The van der Waals surface area contributed by atoms with E-state index in [1.165, 1.54) is 0 Å². The predicted octanol–water partition coefficient (Wildman–Crippen LogP) is 3.06. The minimum atomic E-state index is -1.09. The van der Waals surface area contributed by atoms with Gasteiger partial charge in [0.05, 0.1) is 0 Å². The van der Waals surface area contributed by atoms with Gasteiger partial charge in [-0.25, -0.2) is 0 Å². The number of nitrogens with two attached hydrogens (primary N) is 1. The van der Waals surface area contributed by atoms with Gasteiger partial charge in [0.2, 0.25) is 0 Å². The highest BCUT2D eigenvalue weighted by Gasteiger charge is 2.27. The molecule has 4 nitrogen and oxygen atoms in total. The standard InChI is InChI=1S/C17H18ClNO3/c1-17(2,16(19)21)22-14-9-5-12(6-10-14)15(20)11-3-7-13(18)8-4-11/h3-10,15,20H,1-2H3,(H2,19,21). The van der Waals surface area contributed by atoms with Gasteiger partial charge in [-0.1, -0.05) is 35.9 Å². The molecule has 22 heavy (non-hydrogen) atoms. The van der Waals surface area contributed by atoms with Crippen molar-refractivity contribution in [3.63, 3.8) is 0 Å². The summed E-state index contributed by atoms with van der Waals surface area (Å²) in [5.74, 6) is -0.0337. The summed E-state index contributed by atoms with van der Waals surface area (Å²) in [6.07, 6.45) is -0.754. The predicted molar refractivity (Wildman–Crippen MR) is 85.9 cm³/mol. The normalized spacial score (nSPS) is 12.7. The molecule has 0 spiro atoms. The Hall–Kier alpha value is -2.04. The number of amides is 1. The van der Waals surface area contributed by atoms with Crippen LogP contribution in [0.4, 0.5) is 0 Å². The van der Waals surface area contributed by atoms with Crippen molar-refractivity contribution in [3.8, 4) is 5.75 Å². The van der Waals surface area contributed by atoms with Gasteiger partial charge in [0.15, 0.2) is 5.60 Å². The summed E-state index contributed by atoms with van der Waals surface area (Å²) in [6, 6.07) is 13.9. The van der Waals surface area contributed by atoms with Gasteiger partial charge >= 0.3 is 0 Å². The number of carbonyl (C=O) groups excluding carboxylic acids is 1. The first-order valence-electron chi connectivity index (χ1n) is 6.82. The highest BCUT2D eigenvalue weighted by Crippen LogP contribution is 2.26. The highest BCUT2D eigenvalue weighted by molar-refractivity contribution is 6.30. The first kappa shape index (κ1) is 16.3. The number of benzene rings is 2. The lowest BCUT2D eigenvalue weighted by molar-refractivity contribution is -0.130. The molecule has 2 rings (SSSR count). The van der Waals surface area contributed by atoms with Crippen LogP contribution in [0.5, 0.6) is 5.75 Å². The Morgan fingerprint density at radius 2 is 1.55 bits per heavy atom. The van der Waals surface area contributed by atoms with E-state index in [1.807, 2.05) is 0 Å². The molecular formula is C17H18ClNO3. The van der Waals surface area contributed by atoms with Crippen molar-refractivity contribution in [1.82, 2.24) is 0 Å². The van der Waals surface area contributed by atoms with Crippen LogP contribution < -0.4 is 10.5 Å². The van der Waals surface area contributed by atoms with Crippen LogP contribution in [-0.4, -0.2) is 16.6 Å². The average Bonchev–Trinajstić information content (AvgIpc) is 2.47. The van der Waals surface area contributed by atoms with Crippen molar-refractivity contribution in [2.75, 3.05) is 0 Å². The molecule has 116 valence electrons. The second kappa shape index (κ2) is 6.38. The summed E-state index contributed by atoms with van der Waals surface area (Å²) in [4.78, 5) is 11.3. The Bertz CT molecular complexity index is 651. The third-order valence-electron chi connectivity index (χ3n) is 3.35. The maximum Gasteiger partial charge on any atom is 0.261 e. The van der Waals surface area contributed by atoms with Crippen molar-refractivity contribution in [3.05, 3.63) is 64.7 Å². The van der Waals surface area contributed by atoms with E-state index in [1.54, 1.807) is 62.4 Å². The maximum absolute atomic E-state index is 11.3. The zero-order valence-electron chi connectivity index (χ0n) is 12.4. The molecule has 3 N–H and O–H groups in total. The molecule has 0 radical (unpaired) electrons. The third kappa shape index (κ3) is 3.78. The number of rotatable bonds is 5. The SMILES string of the molecule is CC(C)(Oc1ccc(C(O)c2ccc(Cl)cc2)cc1)C(N)=O. The number of hydrogen-bond donors (Lipinski definition) is 2. The number of ether oxygens (including phenoxy) is 1. The summed E-state index contributed by atoms with van der Waals surface area (Å²) >= 11 is 5.83. The monoisotopic (exact) mass is 319 g/mol. The second-order valence-electron chi connectivity index (χ2n) is 5.50. The summed E-state index contributed by atoms with van der Waals surface area (Å²) in [5.41, 5.74) is 5.64. The molecular weight excluding hydrogens is 302 g/mol. The number of aliphatic hydroxyl groups is 1. The molecule has 0 aromatic heterocycles. The molecule has 0 saturated carbocycles. The molecule has 1 amide bonds. The average molecular weight is 320 g/mol. The fourth-order valence-corrected chi connectivity index (χ4v) is 2.03. The first-order valence-corrected chi connectivity index (χ1v) is 7.20. The van der Waals surface area contributed by atoms with E-state index in [4.69, 9.17) is 22.1 Å². The fraction of sp³-hybridized carbons (Fsp3) is 0.235. The summed E-state index contributed by atoms with van der Waals surface area (Å²) in [6.45, 7) is 3.21. The van der Waals surface area contributed by atoms with Gasteiger partial charge in [-0.05, 0) is 49.2 Å². The van der Waals surface area contributed by atoms with Crippen molar-refractivity contribution in [1.29, 1.82) is 0 Å². The Kier molecular flexibility index (Phi) is 4.74. The van der Waals surface area contributed by atoms with E-state index in [-0.39, 0.29) is 0 Å². The fourth-order valence-electron chi connectivity index (χ4n) is 1.90. The molecule has 0 fully saturated rings. The molecule has 1 unspecified atom stereocenters. The van der Waals surface area contributed by atoms with Crippen molar-refractivity contribution >= 4 is 17.5 Å². The van der Waals surface area contributed by atoms with Crippen LogP contribution >= 0.6 is 11.6 Å². The maximum atomic E-state index is 11.3. The van der Waals surface area contributed by atoms with Crippen LogP contribution in [0.25, 0.3) is 0 Å². The number of halogens is 1. The molecule has 0 aliphatic carbocycles. The van der Waals surface area contributed by atoms with Crippen molar-refractivity contribution in [2.24, 2.45) is 5.73 Å². The Morgan fingerprint density at radius 3 is 2.00 bits per heavy atom. The number of carbonyl (C=O) groups is 1. The van der Waals surface area contributed by atoms with Gasteiger partial charge in [0, 0.05) is 5.02 Å². The quantitative estimate of drug-likeness (QED) is 0.889. The Labute approximate surface area is 134 Å². The van der Waals surface area contributed by atoms with E-state index in [0.717, 1.165) is 5.56 Å². The third-order valence-corrected chi connectivity index (χ3v) is 3.60. The lowest BCUT2D eigenvalue weighted by atomic mass is 10.0. The molecule has 1 atom stereocenters. The van der Waals surface area contributed by atoms with E-state index >= 15 is 0 Å². The van der Waals surface area contributed by atoms with Crippen LogP contribution in [0.15, 0.2) is 48.5 Å². The van der Waals surface area contributed by atoms with Gasteiger partial charge in [-0.15, -0.1) is 0 Å². The Morgan fingerprint density at radius 1 is 1.09 bits per heavy atom. The molecule has 2 aromatic rings. The summed E-state index contributed by atoms with van der Waals surface area (Å²) in [7, 11) is 0. The largest absolute Gasteiger partial charge is 0.478 e. The summed E-state index contributed by atoms with van der Waals surface area (Å²) in [5, 5.41) is 11.0. The lowest BCUT2D eigenvalue weighted by Gasteiger charge is -2.23. The van der Waals surface area contributed by atoms with E-state index in [9.17, 15) is 9.90 Å². The summed E-state index contributed by atoms with van der Waals surface area (Å²) < 4.78 is 5.55. The smallest absolute Gasteiger partial charge is 0.261 e. The minimum Gasteiger partial charge on any atom is -0.478 e. The van der Waals surface area contributed by atoms with E-state index in [0.29, 0.717) is 16.3 Å². The number of hydrogen-bond acceptors (Lipinski definition) is 3. The van der Waals surface area contributed by atoms with Gasteiger partial charge in [0.25, 0.3) is 5.91 Å². The van der Waals surface area contributed by atoms with Crippen LogP contribution in [0.1, 0.15) is 31.1 Å². The molecule has 0 bridgehead atoms. The zero-order valence-corrected chi connectivity index (χ0v) is 13.2. The van der Waals surface area contributed by atoms with E-state index in [2.05, 4.69) is 0 Å². The molecule has 2 aromatic carbocycles.